The van der Waals surface area contributed by atoms with E-state index in [9.17, 15) is 14.0 Å². The molecule has 0 aliphatic carbocycles. The molecule has 0 aromatic heterocycles. The maximum absolute atomic E-state index is 13.2. The van der Waals surface area contributed by atoms with E-state index in [0.717, 1.165) is 4.90 Å². The van der Waals surface area contributed by atoms with Crippen LogP contribution in [0.15, 0.2) is 65.6 Å². The fourth-order valence-electron chi connectivity index (χ4n) is 2.74. The van der Waals surface area contributed by atoms with E-state index in [2.05, 4.69) is 10.6 Å². The summed E-state index contributed by atoms with van der Waals surface area (Å²) in [6.07, 6.45) is 0. The van der Waals surface area contributed by atoms with Crippen LogP contribution in [0.25, 0.3) is 0 Å². The summed E-state index contributed by atoms with van der Waals surface area (Å²) in [6.45, 7) is 0. The molecule has 0 radical (unpaired) electrons. The van der Waals surface area contributed by atoms with Crippen molar-refractivity contribution in [3.05, 3.63) is 77.1 Å². The van der Waals surface area contributed by atoms with Crippen molar-refractivity contribution >= 4 is 46.6 Å². The summed E-state index contributed by atoms with van der Waals surface area (Å²) in [7, 11) is 3.03. The van der Waals surface area contributed by atoms with E-state index >= 15 is 0 Å². The lowest BCUT2D eigenvalue weighted by Gasteiger charge is -2.10. The maximum atomic E-state index is 13.2. The van der Waals surface area contributed by atoms with E-state index < -0.39 is 5.82 Å². The molecule has 0 saturated carbocycles. The molecule has 0 heterocycles. The molecule has 0 unspecified atom stereocenters. The Kier molecular flexibility index (Phi) is 7.97. The van der Waals surface area contributed by atoms with Crippen molar-refractivity contribution in [1.82, 2.24) is 0 Å². The first-order valence-electron chi connectivity index (χ1n) is 9.40. The number of carbonyl (C=O) groups excluding carboxylic acids is 2. The lowest BCUT2D eigenvalue weighted by Crippen LogP contribution is -2.14. The minimum atomic E-state index is -0.544. The van der Waals surface area contributed by atoms with Gasteiger partial charge in [0.2, 0.25) is 5.91 Å². The monoisotopic (exact) mass is 474 g/mol. The van der Waals surface area contributed by atoms with Crippen LogP contribution in [0.5, 0.6) is 11.5 Å². The van der Waals surface area contributed by atoms with Gasteiger partial charge in [0.25, 0.3) is 5.91 Å². The number of carbonyl (C=O) groups is 2. The van der Waals surface area contributed by atoms with Gasteiger partial charge in [-0.15, -0.1) is 11.8 Å². The maximum Gasteiger partial charge on any atom is 0.255 e. The molecule has 3 aromatic carbocycles. The first-order chi connectivity index (χ1) is 15.4. The van der Waals surface area contributed by atoms with Crippen molar-refractivity contribution in [2.24, 2.45) is 0 Å². The van der Waals surface area contributed by atoms with Gasteiger partial charge in [-0.2, -0.15) is 0 Å². The normalized spacial score (nSPS) is 10.4. The van der Waals surface area contributed by atoms with Crippen molar-refractivity contribution in [2.45, 2.75) is 4.90 Å². The van der Waals surface area contributed by atoms with E-state index in [4.69, 9.17) is 21.1 Å². The Hall–Kier alpha value is -3.23. The molecular formula is C23H20ClFN2O4S. The number of methoxy groups -OCH3 is 2. The molecule has 2 N–H and O–H groups in total. The molecule has 3 rings (SSSR count). The van der Waals surface area contributed by atoms with Gasteiger partial charge in [0.05, 0.1) is 25.0 Å². The second-order valence-corrected chi connectivity index (χ2v) is 7.97. The van der Waals surface area contributed by atoms with Crippen LogP contribution in [-0.2, 0) is 4.79 Å². The highest BCUT2D eigenvalue weighted by molar-refractivity contribution is 8.00. The van der Waals surface area contributed by atoms with Crippen LogP contribution in [-0.4, -0.2) is 31.8 Å². The van der Waals surface area contributed by atoms with Crippen LogP contribution in [0.4, 0.5) is 15.8 Å². The van der Waals surface area contributed by atoms with E-state index in [0.29, 0.717) is 28.4 Å². The van der Waals surface area contributed by atoms with Crippen molar-refractivity contribution in [3.8, 4) is 11.5 Å². The molecule has 9 heteroatoms. The number of anilines is 2. The minimum absolute atomic E-state index is 0.0545. The number of amides is 2. The van der Waals surface area contributed by atoms with Gasteiger partial charge in [-0.25, -0.2) is 4.39 Å². The number of halogens is 2. The fourth-order valence-corrected chi connectivity index (χ4v) is 3.61. The molecule has 0 saturated heterocycles. The average Bonchev–Trinajstić information content (AvgIpc) is 2.80. The summed E-state index contributed by atoms with van der Waals surface area (Å²) >= 11 is 7.04. The number of nitrogens with one attached hydrogen (secondary N) is 2. The number of benzene rings is 3. The lowest BCUT2D eigenvalue weighted by molar-refractivity contribution is -0.113. The summed E-state index contributed by atoms with van der Waals surface area (Å²) in [4.78, 5) is 25.5. The molecule has 0 fully saturated rings. The van der Waals surface area contributed by atoms with Gasteiger partial charge >= 0.3 is 0 Å². The van der Waals surface area contributed by atoms with Gasteiger partial charge in [0, 0.05) is 21.8 Å². The van der Waals surface area contributed by atoms with E-state index in [1.165, 1.54) is 44.2 Å². The summed E-state index contributed by atoms with van der Waals surface area (Å²) in [5, 5.41) is 5.43. The summed E-state index contributed by atoms with van der Waals surface area (Å²) in [5.41, 5.74) is 1.47. The summed E-state index contributed by atoms with van der Waals surface area (Å²) < 4.78 is 23.6. The molecule has 32 heavy (non-hydrogen) atoms. The quantitative estimate of drug-likeness (QED) is 0.423. The largest absolute Gasteiger partial charge is 0.493 e. The molecule has 0 aliphatic heterocycles. The van der Waals surface area contributed by atoms with Gasteiger partial charge in [-0.1, -0.05) is 11.6 Å². The zero-order chi connectivity index (χ0) is 23.1. The van der Waals surface area contributed by atoms with Crippen LogP contribution in [0.3, 0.4) is 0 Å². The Morgan fingerprint density at radius 2 is 1.59 bits per heavy atom. The molecule has 2 amide bonds. The molecule has 0 spiro atoms. The number of thioether (sulfide) groups is 1. The van der Waals surface area contributed by atoms with E-state index in [-0.39, 0.29) is 22.6 Å². The van der Waals surface area contributed by atoms with Crippen molar-refractivity contribution in [2.75, 3.05) is 30.6 Å². The molecule has 6 nitrogen and oxygen atoms in total. The molecule has 3 aromatic rings. The third kappa shape index (κ3) is 6.15. The highest BCUT2D eigenvalue weighted by atomic mass is 35.5. The Morgan fingerprint density at radius 1 is 0.906 bits per heavy atom. The predicted octanol–water partition coefficient (Wildman–Crippen LogP) is 5.48. The third-order valence-electron chi connectivity index (χ3n) is 4.33. The number of hydrogen-bond acceptors (Lipinski definition) is 5. The number of ether oxygens (including phenoxy) is 2. The average molecular weight is 475 g/mol. The Morgan fingerprint density at radius 3 is 2.25 bits per heavy atom. The van der Waals surface area contributed by atoms with E-state index in [1.54, 1.807) is 42.5 Å². The smallest absolute Gasteiger partial charge is 0.255 e. The molecule has 0 atom stereocenters. The number of rotatable bonds is 8. The Bertz CT molecular complexity index is 1130. The van der Waals surface area contributed by atoms with Gasteiger partial charge in [0.1, 0.15) is 5.82 Å². The standard InChI is InChI=1S/C23H20ClFN2O4S/c1-30-20-10-3-14(11-21(20)31-2)23(29)27-15-4-7-17(8-5-15)32-13-22(28)26-16-6-9-19(25)18(24)12-16/h3-12H,13H2,1-2H3,(H,26,28)(H,27,29). The third-order valence-corrected chi connectivity index (χ3v) is 5.63. The summed E-state index contributed by atoms with van der Waals surface area (Å²) in [6, 6.07) is 16.0. The van der Waals surface area contributed by atoms with Crippen LogP contribution in [0, 0.1) is 5.82 Å². The van der Waals surface area contributed by atoms with Gasteiger partial charge in [0.15, 0.2) is 11.5 Å². The number of hydrogen-bond donors (Lipinski definition) is 2. The topological polar surface area (TPSA) is 76.7 Å². The molecular weight excluding hydrogens is 455 g/mol. The first-order valence-corrected chi connectivity index (χ1v) is 10.8. The lowest BCUT2D eigenvalue weighted by atomic mass is 10.2. The van der Waals surface area contributed by atoms with Crippen LogP contribution < -0.4 is 20.1 Å². The van der Waals surface area contributed by atoms with Crippen LogP contribution in [0.1, 0.15) is 10.4 Å². The molecule has 0 bridgehead atoms. The molecule has 0 aliphatic rings. The van der Waals surface area contributed by atoms with Crippen molar-refractivity contribution in [3.63, 3.8) is 0 Å². The SMILES string of the molecule is COc1ccc(C(=O)Nc2ccc(SCC(=O)Nc3ccc(F)c(Cl)c3)cc2)cc1OC. The zero-order valence-corrected chi connectivity index (χ0v) is 18.9. The summed E-state index contributed by atoms with van der Waals surface area (Å²) in [5.74, 6) is 0.0846. The second-order valence-electron chi connectivity index (χ2n) is 6.51. The fraction of sp³-hybridized carbons (Fsp3) is 0.130. The van der Waals surface area contributed by atoms with Crippen molar-refractivity contribution < 1.29 is 23.5 Å². The Balaban J connectivity index is 1.54. The predicted molar refractivity (Wildman–Crippen MR) is 125 cm³/mol. The minimum Gasteiger partial charge on any atom is -0.493 e. The van der Waals surface area contributed by atoms with Crippen LogP contribution >= 0.6 is 23.4 Å². The highest BCUT2D eigenvalue weighted by Gasteiger charge is 2.11. The van der Waals surface area contributed by atoms with Gasteiger partial charge in [-0.05, 0) is 60.7 Å². The van der Waals surface area contributed by atoms with Gasteiger partial charge < -0.3 is 20.1 Å². The first kappa shape index (κ1) is 23.4. The van der Waals surface area contributed by atoms with E-state index in [1.807, 2.05) is 0 Å². The highest BCUT2D eigenvalue weighted by Crippen LogP contribution is 2.28. The van der Waals surface area contributed by atoms with Gasteiger partial charge in [-0.3, -0.25) is 9.59 Å². The molecule has 166 valence electrons. The zero-order valence-electron chi connectivity index (χ0n) is 17.3. The Labute approximate surface area is 194 Å². The van der Waals surface area contributed by atoms with Crippen LogP contribution in [0.2, 0.25) is 5.02 Å². The second kappa shape index (κ2) is 10.9. The van der Waals surface area contributed by atoms with Crippen molar-refractivity contribution in [1.29, 1.82) is 0 Å².